The van der Waals surface area contributed by atoms with E-state index in [4.69, 9.17) is 0 Å². The minimum Gasteiger partial charge on any atom is -0.478 e. The molecule has 3 rings (SSSR count). The summed E-state index contributed by atoms with van der Waals surface area (Å²) in [6.45, 7) is 2.60. The van der Waals surface area contributed by atoms with Crippen molar-refractivity contribution in [3.63, 3.8) is 0 Å². The van der Waals surface area contributed by atoms with Gasteiger partial charge in [-0.05, 0) is 25.5 Å². The molecule has 1 fully saturated rings. The molecule has 0 unspecified atom stereocenters. The minimum absolute atomic E-state index is 0.0211. The van der Waals surface area contributed by atoms with Gasteiger partial charge >= 0.3 is 5.97 Å². The Kier molecular flexibility index (Phi) is 4.57. The third kappa shape index (κ3) is 3.69. The molecule has 1 aromatic heterocycles. The highest BCUT2D eigenvalue weighted by atomic mass is 32.2. The van der Waals surface area contributed by atoms with Crippen molar-refractivity contribution in [3.8, 4) is 11.3 Å². The van der Waals surface area contributed by atoms with E-state index in [-0.39, 0.29) is 11.5 Å². The van der Waals surface area contributed by atoms with E-state index in [0.717, 1.165) is 5.69 Å². The quantitative estimate of drug-likeness (QED) is 0.893. The highest BCUT2D eigenvalue weighted by Crippen LogP contribution is 2.30. The fourth-order valence-corrected chi connectivity index (χ4v) is 3.99. The number of carboxylic acid groups (broad SMARTS) is 1. The van der Waals surface area contributed by atoms with Gasteiger partial charge in [-0.3, -0.25) is 0 Å². The van der Waals surface area contributed by atoms with Crippen LogP contribution in [0.2, 0.25) is 0 Å². The van der Waals surface area contributed by atoms with Gasteiger partial charge in [0.25, 0.3) is 0 Å². The summed E-state index contributed by atoms with van der Waals surface area (Å²) in [6, 6.07) is 8.45. The molecule has 1 aliphatic rings. The third-order valence-corrected chi connectivity index (χ3v) is 5.60. The Morgan fingerprint density at radius 1 is 1.28 bits per heavy atom. The van der Waals surface area contributed by atoms with E-state index in [1.54, 1.807) is 31.2 Å². The Balaban J connectivity index is 1.99. The maximum absolute atomic E-state index is 11.7. The molecule has 0 radical (unpaired) electrons. The lowest BCUT2D eigenvalue weighted by atomic mass is 9.99. The molecule has 25 heavy (non-hydrogen) atoms. The normalized spacial score (nSPS) is 18.4. The second-order valence-electron chi connectivity index (χ2n) is 6.18. The van der Waals surface area contributed by atoms with E-state index in [9.17, 15) is 18.3 Å². The number of carbonyl (C=O) groups is 1. The summed E-state index contributed by atoms with van der Waals surface area (Å²) in [7, 11) is -3.22. The minimum atomic E-state index is -3.22. The number of nitrogens with zero attached hydrogens (tertiary/aromatic N) is 3. The van der Waals surface area contributed by atoms with Gasteiger partial charge in [-0.15, -0.1) is 0 Å². The van der Waals surface area contributed by atoms with Crippen LogP contribution < -0.4 is 0 Å². The number of benzene rings is 1. The van der Waals surface area contributed by atoms with Gasteiger partial charge in [0, 0.05) is 30.3 Å². The standard InChI is InChI=1S/C17H19N3O4S/c1-11-18-15(12-7-8-20(10-12)25(2,23)24)9-16(19-11)13-5-3-4-6-14(13)17(21)22/h3-6,9,12H,7-8,10H2,1-2H3,(H,21,22)/t12-/m0/s1. The number of aryl methyl sites for hydroxylation is 1. The zero-order valence-corrected chi connectivity index (χ0v) is 14.8. The molecule has 7 nitrogen and oxygen atoms in total. The average molecular weight is 361 g/mol. The van der Waals surface area contributed by atoms with Crippen molar-refractivity contribution in [3.05, 3.63) is 47.4 Å². The molecule has 1 aromatic carbocycles. The number of sulfonamides is 1. The number of aromatic carboxylic acids is 1. The monoisotopic (exact) mass is 361 g/mol. The zero-order chi connectivity index (χ0) is 18.2. The van der Waals surface area contributed by atoms with Crippen LogP contribution in [0.3, 0.4) is 0 Å². The van der Waals surface area contributed by atoms with Crippen LogP contribution >= 0.6 is 0 Å². The van der Waals surface area contributed by atoms with E-state index in [1.807, 2.05) is 0 Å². The second kappa shape index (κ2) is 6.53. The Morgan fingerprint density at radius 2 is 2.00 bits per heavy atom. The number of aromatic nitrogens is 2. The second-order valence-corrected chi connectivity index (χ2v) is 8.17. The summed E-state index contributed by atoms with van der Waals surface area (Å²) in [5.41, 5.74) is 1.99. The van der Waals surface area contributed by atoms with Gasteiger partial charge in [0.2, 0.25) is 10.0 Å². The summed E-state index contributed by atoms with van der Waals surface area (Å²) in [5.74, 6) is -0.504. The van der Waals surface area contributed by atoms with Crippen molar-refractivity contribution in [2.75, 3.05) is 19.3 Å². The first-order valence-corrected chi connectivity index (χ1v) is 9.74. The smallest absolute Gasteiger partial charge is 0.336 e. The van der Waals surface area contributed by atoms with Crippen LogP contribution in [0.5, 0.6) is 0 Å². The highest BCUT2D eigenvalue weighted by molar-refractivity contribution is 7.88. The largest absolute Gasteiger partial charge is 0.478 e. The van der Waals surface area contributed by atoms with Crippen molar-refractivity contribution in [1.82, 2.24) is 14.3 Å². The van der Waals surface area contributed by atoms with Gasteiger partial charge in [0.15, 0.2) is 0 Å². The van der Waals surface area contributed by atoms with Crippen LogP contribution in [-0.4, -0.2) is 53.1 Å². The number of carboxylic acids is 1. The van der Waals surface area contributed by atoms with Gasteiger partial charge in [-0.25, -0.2) is 27.5 Å². The Morgan fingerprint density at radius 3 is 2.64 bits per heavy atom. The van der Waals surface area contributed by atoms with Gasteiger partial charge in [-0.2, -0.15) is 0 Å². The fraction of sp³-hybridized carbons (Fsp3) is 0.353. The first-order chi connectivity index (χ1) is 11.8. The lowest BCUT2D eigenvalue weighted by molar-refractivity contribution is 0.0697. The van der Waals surface area contributed by atoms with Crippen molar-refractivity contribution in [1.29, 1.82) is 0 Å². The molecular weight excluding hydrogens is 342 g/mol. The molecule has 0 spiro atoms. The van der Waals surface area contributed by atoms with E-state index < -0.39 is 16.0 Å². The van der Waals surface area contributed by atoms with Crippen LogP contribution in [0.4, 0.5) is 0 Å². The summed E-state index contributed by atoms with van der Waals surface area (Å²) >= 11 is 0. The molecule has 2 aromatic rings. The van der Waals surface area contributed by atoms with Gasteiger partial charge in [0.05, 0.1) is 17.5 Å². The van der Waals surface area contributed by atoms with Crippen LogP contribution in [0.15, 0.2) is 30.3 Å². The topological polar surface area (TPSA) is 100 Å². The van der Waals surface area contributed by atoms with Crippen LogP contribution in [0, 0.1) is 6.92 Å². The van der Waals surface area contributed by atoms with Crippen molar-refractivity contribution < 1.29 is 18.3 Å². The van der Waals surface area contributed by atoms with Gasteiger partial charge in [-0.1, -0.05) is 18.2 Å². The van der Waals surface area contributed by atoms with E-state index in [0.29, 0.717) is 36.6 Å². The Bertz CT molecular complexity index is 927. The molecule has 1 saturated heterocycles. The molecule has 132 valence electrons. The van der Waals surface area contributed by atoms with E-state index in [2.05, 4.69) is 9.97 Å². The molecule has 0 amide bonds. The average Bonchev–Trinajstić information content (AvgIpc) is 3.04. The lowest BCUT2D eigenvalue weighted by Gasteiger charge is -2.14. The Hall–Kier alpha value is -2.32. The molecule has 1 N–H and O–H groups in total. The summed E-state index contributed by atoms with van der Waals surface area (Å²) in [5, 5.41) is 9.38. The predicted molar refractivity (Wildman–Crippen MR) is 92.9 cm³/mol. The van der Waals surface area contributed by atoms with Crippen LogP contribution in [0.25, 0.3) is 11.3 Å². The molecule has 0 bridgehead atoms. The number of rotatable bonds is 4. The maximum Gasteiger partial charge on any atom is 0.336 e. The molecule has 2 heterocycles. The lowest BCUT2D eigenvalue weighted by Crippen LogP contribution is -2.27. The number of hydrogen-bond donors (Lipinski definition) is 1. The van der Waals surface area contributed by atoms with Crippen LogP contribution in [0.1, 0.15) is 34.2 Å². The van der Waals surface area contributed by atoms with E-state index in [1.165, 1.54) is 16.6 Å². The maximum atomic E-state index is 11.7. The molecule has 1 atom stereocenters. The number of hydrogen-bond acceptors (Lipinski definition) is 5. The molecule has 8 heteroatoms. The zero-order valence-electron chi connectivity index (χ0n) is 14.0. The first kappa shape index (κ1) is 17.5. The van der Waals surface area contributed by atoms with Crippen molar-refractivity contribution >= 4 is 16.0 Å². The van der Waals surface area contributed by atoms with Crippen molar-refractivity contribution in [2.45, 2.75) is 19.3 Å². The molecular formula is C17H19N3O4S. The third-order valence-electron chi connectivity index (χ3n) is 4.33. The molecule has 1 aliphatic heterocycles. The predicted octanol–water partition coefficient (Wildman–Crippen LogP) is 1.90. The summed E-state index contributed by atoms with van der Waals surface area (Å²) in [4.78, 5) is 20.3. The van der Waals surface area contributed by atoms with Gasteiger partial charge in [0.1, 0.15) is 5.82 Å². The SMILES string of the molecule is Cc1nc(-c2ccccc2C(=O)O)cc([C@H]2CCN(S(C)(=O)=O)C2)n1. The summed E-state index contributed by atoms with van der Waals surface area (Å²) < 4.78 is 24.9. The molecule has 0 saturated carbocycles. The van der Waals surface area contributed by atoms with Gasteiger partial charge < -0.3 is 5.11 Å². The Labute approximate surface area is 146 Å². The van der Waals surface area contributed by atoms with Crippen molar-refractivity contribution in [2.24, 2.45) is 0 Å². The fourth-order valence-electron chi connectivity index (χ4n) is 3.10. The van der Waals surface area contributed by atoms with E-state index >= 15 is 0 Å². The highest BCUT2D eigenvalue weighted by Gasteiger charge is 2.30. The summed E-state index contributed by atoms with van der Waals surface area (Å²) in [6.07, 6.45) is 1.89. The molecule has 0 aliphatic carbocycles. The first-order valence-electron chi connectivity index (χ1n) is 7.89. The van der Waals surface area contributed by atoms with Crippen LogP contribution in [-0.2, 0) is 10.0 Å².